The van der Waals surface area contributed by atoms with Crippen LogP contribution in [0, 0.1) is 5.92 Å². The number of benzene rings is 1. The zero-order chi connectivity index (χ0) is 13.9. The molecule has 0 saturated heterocycles. The van der Waals surface area contributed by atoms with Crippen LogP contribution in [0.4, 0.5) is 0 Å². The Bertz CT molecular complexity index is 563. The predicted octanol–water partition coefficient (Wildman–Crippen LogP) is 3.00. The Labute approximate surface area is 123 Å². The lowest BCUT2D eigenvalue weighted by molar-refractivity contribution is 0.352. The van der Waals surface area contributed by atoms with Gasteiger partial charge in [-0.15, -0.1) is 11.8 Å². The second-order valence-electron chi connectivity index (χ2n) is 5.18. The number of hydrogen-bond acceptors (Lipinski definition) is 5. The quantitative estimate of drug-likeness (QED) is 0.828. The molecule has 5 heteroatoms. The molecule has 3 rings (SSSR count). The van der Waals surface area contributed by atoms with Gasteiger partial charge in [-0.3, -0.25) is 0 Å². The van der Waals surface area contributed by atoms with Crippen molar-refractivity contribution in [3.05, 3.63) is 30.2 Å². The lowest BCUT2D eigenvalue weighted by Gasteiger charge is -2.11. The summed E-state index contributed by atoms with van der Waals surface area (Å²) in [6, 6.07) is 8.70. The van der Waals surface area contributed by atoms with Gasteiger partial charge in [0, 0.05) is 22.9 Å². The fourth-order valence-electron chi connectivity index (χ4n) is 2.39. The van der Waals surface area contributed by atoms with Crippen LogP contribution in [0.1, 0.15) is 18.7 Å². The van der Waals surface area contributed by atoms with Gasteiger partial charge in [-0.1, -0.05) is 5.16 Å². The van der Waals surface area contributed by atoms with E-state index in [2.05, 4.69) is 33.8 Å². The van der Waals surface area contributed by atoms with Gasteiger partial charge >= 0.3 is 0 Å². The molecule has 106 valence electrons. The van der Waals surface area contributed by atoms with Crippen LogP contribution in [-0.2, 0) is 6.42 Å². The van der Waals surface area contributed by atoms with Crippen molar-refractivity contribution in [3.63, 3.8) is 0 Å². The number of nitrogens with one attached hydrogen (secondary N) is 1. The van der Waals surface area contributed by atoms with Crippen LogP contribution in [-0.4, -0.2) is 29.5 Å². The van der Waals surface area contributed by atoms with Gasteiger partial charge in [0.15, 0.2) is 0 Å². The topological polar surface area (TPSA) is 51.0 Å². The van der Waals surface area contributed by atoms with E-state index < -0.39 is 0 Å². The van der Waals surface area contributed by atoms with E-state index in [9.17, 15) is 0 Å². The first kappa shape index (κ1) is 13.6. The van der Waals surface area contributed by atoms with Crippen molar-refractivity contribution in [2.45, 2.75) is 30.2 Å². The second kappa shape index (κ2) is 5.97. The Morgan fingerprint density at radius 1 is 1.35 bits per heavy atom. The molecule has 20 heavy (non-hydrogen) atoms. The van der Waals surface area contributed by atoms with E-state index in [0.717, 1.165) is 23.8 Å². The van der Waals surface area contributed by atoms with Gasteiger partial charge in [-0.25, -0.2) is 0 Å². The zero-order valence-corrected chi connectivity index (χ0v) is 12.6. The Balaban J connectivity index is 1.71. The van der Waals surface area contributed by atoms with E-state index in [1.807, 2.05) is 19.2 Å². The van der Waals surface area contributed by atoms with E-state index in [1.165, 1.54) is 17.7 Å². The number of hydrogen-bond donors (Lipinski definition) is 1. The Kier molecular flexibility index (Phi) is 4.08. The molecule has 1 heterocycles. The molecular formula is C15H19N3OS. The lowest BCUT2D eigenvalue weighted by atomic mass is 10.1. The van der Waals surface area contributed by atoms with Gasteiger partial charge in [-0.05, 0) is 56.3 Å². The number of likely N-dealkylation sites (N-methyl/N-ethyl adjacent to an activating group) is 1. The summed E-state index contributed by atoms with van der Waals surface area (Å²) in [5.41, 5.74) is 1.00. The molecule has 1 atom stereocenters. The molecule has 1 aromatic heterocycles. The molecule has 0 aliphatic heterocycles. The molecule has 1 N–H and O–H groups in total. The Morgan fingerprint density at radius 2 is 2.10 bits per heavy atom. The maximum atomic E-state index is 5.38. The highest BCUT2D eigenvalue weighted by Gasteiger charge is 2.31. The Morgan fingerprint density at radius 3 is 2.70 bits per heavy atom. The Hall–Kier alpha value is -1.33. The molecule has 0 radical (unpaired) electrons. The van der Waals surface area contributed by atoms with Crippen molar-refractivity contribution in [1.82, 2.24) is 15.5 Å². The minimum absolute atomic E-state index is 0.460. The van der Waals surface area contributed by atoms with Crippen LogP contribution in [0.15, 0.2) is 33.7 Å². The monoisotopic (exact) mass is 289 g/mol. The average molecular weight is 289 g/mol. The second-order valence-corrected chi connectivity index (χ2v) is 6.06. The van der Waals surface area contributed by atoms with E-state index in [4.69, 9.17) is 4.52 Å². The average Bonchev–Trinajstić information content (AvgIpc) is 3.24. The van der Waals surface area contributed by atoms with E-state index in [-0.39, 0.29) is 0 Å². The number of thioether (sulfide) groups is 1. The first-order valence-corrected chi connectivity index (χ1v) is 8.17. The van der Waals surface area contributed by atoms with Crippen molar-refractivity contribution in [1.29, 1.82) is 0 Å². The largest absolute Gasteiger partial charge is 0.339 e. The van der Waals surface area contributed by atoms with Gasteiger partial charge in [0.25, 0.3) is 0 Å². The highest BCUT2D eigenvalue weighted by Crippen LogP contribution is 2.33. The highest BCUT2D eigenvalue weighted by molar-refractivity contribution is 7.98. The van der Waals surface area contributed by atoms with Crippen molar-refractivity contribution in [3.8, 4) is 11.4 Å². The van der Waals surface area contributed by atoms with Gasteiger partial charge in [0.1, 0.15) is 0 Å². The summed E-state index contributed by atoms with van der Waals surface area (Å²) in [5, 5.41) is 7.43. The predicted molar refractivity (Wildman–Crippen MR) is 80.8 cm³/mol. The number of aromatic nitrogens is 2. The first-order valence-electron chi connectivity index (χ1n) is 6.94. The summed E-state index contributed by atoms with van der Waals surface area (Å²) >= 11 is 1.73. The van der Waals surface area contributed by atoms with E-state index >= 15 is 0 Å². The van der Waals surface area contributed by atoms with Crippen LogP contribution in [0.5, 0.6) is 0 Å². The third-order valence-electron chi connectivity index (χ3n) is 3.77. The van der Waals surface area contributed by atoms with Crippen molar-refractivity contribution < 1.29 is 4.52 Å². The molecule has 1 aliphatic rings. The third-order valence-corrected chi connectivity index (χ3v) is 4.52. The van der Waals surface area contributed by atoms with Crippen LogP contribution < -0.4 is 5.32 Å². The van der Waals surface area contributed by atoms with Gasteiger partial charge in [-0.2, -0.15) is 4.98 Å². The molecule has 1 fully saturated rings. The fraction of sp³-hybridized carbons (Fsp3) is 0.467. The van der Waals surface area contributed by atoms with Crippen LogP contribution in [0.25, 0.3) is 11.4 Å². The molecule has 0 bridgehead atoms. The van der Waals surface area contributed by atoms with Crippen LogP contribution >= 0.6 is 11.8 Å². The molecule has 1 aromatic carbocycles. The molecule has 0 amide bonds. The number of rotatable bonds is 6. The van der Waals surface area contributed by atoms with Crippen LogP contribution in [0.3, 0.4) is 0 Å². The van der Waals surface area contributed by atoms with Gasteiger partial charge < -0.3 is 9.84 Å². The first-order chi connectivity index (χ1) is 9.80. The summed E-state index contributed by atoms with van der Waals surface area (Å²) in [6.45, 7) is 0. The van der Waals surface area contributed by atoms with E-state index in [0.29, 0.717) is 11.9 Å². The van der Waals surface area contributed by atoms with Crippen LogP contribution in [0.2, 0.25) is 0 Å². The van der Waals surface area contributed by atoms with Crippen molar-refractivity contribution in [2.24, 2.45) is 5.92 Å². The highest BCUT2D eigenvalue weighted by atomic mass is 32.2. The lowest BCUT2D eigenvalue weighted by Crippen LogP contribution is -2.29. The molecule has 1 aliphatic carbocycles. The van der Waals surface area contributed by atoms with Gasteiger partial charge in [0.05, 0.1) is 0 Å². The molecule has 1 unspecified atom stereocenters. The normalized spacial score (nSPS) is 16.3. The minimum atomic E-state index is 0.460. The standard InChI is InChI=1S/C15H19N3OS/c1-16-13(10-3-4-10)9-14-17-15(18-19-14)11-5-7-12(20-2)8-6-11/h5-8,10,13,16H,3-4,9H2,1-2H3. The van der Waals surface area contributed by atoms with Crippen molar-refractivity contribution in [2.75, 3.05) is 13.3 Å². The molecule has 0 spiro atoms. The minimum Gasteiger partial charge on any atom is -0.339 e. The van der Waals surface area contributed by atoms with Crippen molar-refractivity contribution >= 4 is 11.8 Å². The SMILES string of the molecule is CNC(Cc1nc(-c2ccc(SC)cc2)no1)C1CC1. The summed E-state index contributed by atoms with van der Waals surface area (Å²) in [5.74, 6) is 2.18. The summed E-state index contributed by atoms with van der Waals surface area (Å²) in [4.78, 5) is 5.75. The molecule has 1 saturated carbocycles. The van der Waals surface area contributed by atoms with E-state index in [1.54, 1.807) is 11.8 Å². The fourth-order valence-corrected chi connectivity index (χ4v) is 2.79. The summed E-state index contributed by atoms with van der Waals surface area (Å²) in [6.07, 6.45) is 5.50. The molecule has 2 aromatic rings. The molecule has 4 nitrogen and oxygen atoms in total. The zero-order valence-electron chi connectivity index (χ0n) is 11.8. The van der Waals surface area contributed by atoms with Gasteiger partial charge in [0.2, 0.25) is 11.7 Å². The maximum absolute atomic E-state index is 5.38. The summed E-state index contributed by atoms with van der Waals surface area (Å²) in [7, 11) is 2.00. The third kappa shape index (κ3) is 3.04. The maximum Gasteiger partial charge on any atom is 0.228 e. The molecular weight excluding hydrogens is 270 g/mol. The number of nitrogens with zero attached hydrogens (tertiary/aromatic N) is 2. The smallest absolute Gasteiger partial charge is 0.228 e. The summed E-state index contributed by atoms with van der Waals surface area (Å²) < 4.78 is 5.38.